The van der Waals surface area contributed by atoms with E-state index in [1.54, 1.807) is 25.4 Å². The number of carbonyl (C=O) groups excluding carboxylic acids is 1. The number of imidazole rings is 1. The van der Waals surface area contributed by atoms with Crippen molar-refractivity contribution in [3.8, 4) is 28.5 Å². The third-order valence-electron chi connectivity index (χ3n) is 4.72. The van der Waals surface area contributed by atoms with Gasteiger partial charge in [0.2, 0.25) is 5.88 Å². The topological polar surface area (TPSA) is 121 Å². The zero-order valence-electron chi connectivity index (χ0n) is 18.0. The molecule has 0 atom stereocenters. The van der Waals surface area contributed by atoms with Crippen molar-refractivity contribution in [2.45, 2.75) is 13.5 Å². The molecule has 0 fully saturated rings. The van der Waals surface area contributed by atoms with Gasteiger partial charge in [-0.05, 0) is 19.1 Å². The van der Waals surface area contributed by atoms with Gasteiger partial charge in [0.05, 0.1) is 19.1 Å². The smallest absolute Gasteiger partial charge is 0.261 e. The SMILES string of the molecule is COc1nc(-c2cn(CCN)cn2)ccc1NC(=O)c1c(-c2ccccc2)noc1C.Cl.Cl. The Labute approximate surface area is 203 Å². The van der Waals surface area contributed by atoms with Crippen LogP contribution >= 0.6 is 24.8 Å². The van der Waals surface area contributed by atoms with Crippen LogP contribution in [0.1, 0.15) is 16.1 Å². The van der Waals surface area contributed by atoms with Gasteiger partial charge >= 0.3 is 0 Å². The number of methoxy groups -OCH3 is 1. The van der Waals surface area contributed by atoms with Gasteiger partial charge in [0, 0.05) is 24.8 Å². The molecule has 0 radical (unpaired) electrons. The third-order valence-corrected chi connectivity index (χ3v) is 4.72. The number of aryl methyl sites for hydroxylation is 1. The fraction of sp³-hybridized carbons (Fsp3) is 0.182. The number of pyridine rings is 1. The number of halogens is 2. The summed E-state index contributed by atoms with van der Waals surface area (Å²) in [6.07, 6.45) is 3.56. The summed E-state index contributed by atoms with van der Waals surface area (Å²) in [5.74, 6) is 0.331. The summed E-state index contributed by atoms with van der Waals surface area (Å²) in [5.41, 5.74) is 8.94. The van der Waals surface area contributed by atoms with E-state index in [4.69, 9.17) is 15.0 Å². The van der Waals surface area contributed by atoms with Crippen LogP contribution in [-0.2, 0) is 6.54 Å². The molecule has 4 aromatic rings. The second-order valence-electron chi connectivity index (χ2n) is 6.82. The van der Waals surface area contributed by atoms with E-state index in [0.29, 0.717) is 47.2 Å². The van der Waals surface area contributed by atoms with Gasteiger partial charge in [-0.15, -0.1) is 24.8 Å². The Morgan fingerprint density at radius 2 is 1.91 bits per heavy atom. The van der Waals surface area contributed by atoms with Crippen molar-refractivity contribution in [2.75, 3.05) is 19.0 Å². The highest BCUT2D eigenvalue weighted by Gasteiger charge is 2.23. The lowest BCUT2D eigenvalue weighted by Gasteiger charge is -2.10. The normalized spacial score (nSPS) is 10.2. The second-order valence-corrected chi connectivity index (χ2v) is 6.82. The summed E-state index contributed by atoms with van der Waals surface area (Å²) in [6.45, 7) is 2.88. The zero-order valence-corrected chi connectivity index (χ0v) is 19.7. The van der Waals surface area contributed by atoms with Gasteiger partial charge in [0.1, 0.15) is 28.4 Å². The summed E-state index contributed by atoms with van der Waals surface area (Å²) < 4.78 is 12.6. The first kappa shape index (κ1) is 25.9. The molecular formula is C22H24Cl2N6O3. The second kappa shape index (κ2) is 11.5. The van der Waals surface area contributed by atoms with Crippen molar-refractivity contribution in [3.63, 3.8) is 0 Å². The van der Waals surface area contributed by atoms with Gasteiger partial charge < -0.3 is 24.9 Å². The molecule has 3 aromatic heterocycles. The van der Waals surface area contributed by atoms with Crippen molar-refractivity contribution in [1.82, 2.24) is 19.7 Å². The molecule has 1 amide bonds. The lowest BCUT2D eigenvalue weighted by Crippen LogP contribution is -2.14. The molecule has 11 heteroatoms. The number of nitrogens with one attached hydrogen (secondary N) is 1. The molecule has 9 nitrogen and oxygen atoms in total. The number of rotatable bonds is 7. The van der Waals surface area contributed by atoms with Gasteiger partial charge in [-0.3, -0.25) is 4.79 Å². The highest BCUT2D eigenvalue weighted by atomic mass is 35.5. The molecule has 0 bridgehead atoms. The van der Waals surface area contributed by atoms with E-state index in [-0.39, 0.29) is 36.6 Å². The molecule has 0 aliphatic carbocycles. The average molecular weight is 491 g/mol. The van der Waals surface area contributed by atoms with Crippen LogP contribution in [0.3, 0.4) is 0 Å². The molecule has 0 spiro atoms. The highest BCUT2D eigenvalue weighted by Crippen LogP contribution is 2.29. The van der Waals surface area contributed by atoms with Crippen LogP contribution in [0.15, 0.2) is 59.5 Å². The van der Waals surface area contributed by atoms with Gasteiger partial charge in [0.15, 0.2) is 0 Å². The largest absolute Gasteiger partial charge is 0.479 e. The average Bonchev–Trinajstić information content (AvgIpc) is 3.41. The fourth-order valence-corrected chi connectivity index (χ4v) is 3.21. The Balaban J connectivity index is 0.00000193. The van der Waals surface area contributed by atoms with Gasteiger partial charge in [0.25, 0.3) is 5.91 Å². The summed E-state index contributed by atoms with van der Waals surface area (Å²) in [7, 11) is 1.49. The maximum atomic E-state index is 13.1. The highest BCUT2D eigenvalue weighted by molar-refractivity contribution is 6.09. The van der Waals surface area contributed by atoms with E-state index in [2.05, 4.69) is 20.4 Å². The molecule has 0 saturated carbocycles. The molecule has 0 aliphatic heterocycles. The van der Waals surface area contributed by atoms with Crippen molar-refractivity contribution in [1.29, 1.82) is 0 Å². The van der Waals surface area contributed by atoms with E-state index in [1.165, 1.54) is 7.11 Å². The molecule has 0 aliphatic rings. The summed E-state index contributed by atoms with van der Waals surface area (Å²) in [4.78, 5) is 21.9. The number of hydrogen-bond acceptors (Lipinski definition) is 7. The van der Waals surface area contributed by atoms with Gasteiger partial charge in [-0.25, -0.2) is 9.97 Å². The maximum absolute atomic E-state index is 13.1. The minimum atomic E-state index is -0.363. The number of nitrogens with two attached hydrogens (primary N) is 1. The Morgan fingerprint density at radius 1 is 1.15 bits per heavy atom. The van der Waals surface area contributed by atoms with E-state index in [0.717, 1.165) is 5.56 Å². The van der Waals surface area contributed by atoms with Crippen LogP contribution in [-0.4, -0.2) is 39.3 Å². The number of hydrogen-bond donors (Lipinski definition) is 2. The van der Waals surface area contributed by atoms with Crippen molar-refractivity contribution in [2.24, 2.45) is 5.73 Å². The van der Waals surface area contributed by atoms with Crippen molar-refractivity contribution in [3.05, 3.63) is 66.3 Å². The predicted molar refractivity (Wildman–Crippen MR) is 130 cm³/mol. The number of nitrogens with zero attached hydrogens (tertiary/aromatic N) is 4. The van der Waals surface area contributed by atoms with Crippen LogP contribution < -0.4 is 15.8 Å². The van der Waals surface area contributed by atoms with Gasteiger partial charge in [-0.2, -0.15) is 0 Å². The summed E-state index contributed by atoms with van der Waals surface area (Å²) in [5, 5.41) is 6.91. The first-order valence-corrected chi connectivity index (χ1v) is 9.71. The Hall–Kier alpha value is -3.40. The number of aromatic nitrogens is 4. The minimum absolute atomic E-state index is 0. The van der Waals surface area contributed by atoms with Crippen LogP contribution in [0.4, 0.5) is 5.69 Å². The number of ether oxygens (including phenoxy) is 1. The number of benzene rings is 1. The van der Waals surface area contributed by atoms with E-state index in [9.17, 15) is 4.79 Å². The van der Waals surface area contributed by atoms with E-state index < -0.39 is 0 Å². The minimum Gasteiger partial charge on any atom is -0.479 e. The molecule has 4 rings (SSSR count). The third kappa shape index (κ3) is 5.51. The van der Waals surface area contributed by atoms with Crippen LogP contribution in [0.25, 0.3) is 22.6 Å². The first-order valence-electron chi connectivity index (χ1n) is 9.71. The number of amides is 1. The fourth-order valence-electron chi connectivity index (χ4n) is 3.21. The quantitative estimate of drug-likeness (QED) is 0.401. The molecule has 33 heavy (non-hydrogen) atoms. The van der Waals surface area contributed by atoms with Crippen LogP contribution in [0.5, 0.6) is 5.88 Å². The molecule has 1 aromatic carbocycles. The van der Waals surface area contributed by atoms with Crippen LogP contribution in [0.2, 0.25) is 0 Å². The lowest BCUT2D eigenvalue weighted by atomic mass is 10.1. The molecule has 3 heterocycles. The standard InChI is InChI=1S/C22H22N6O3.2ClH/c1-14-19(20(27-31-14)15-6-4-3-5-7-15)21(29)25-17-9-8-16(26-22(17)30-2)18-12-28(11-10-23)13-24-18;;/h3-9,12-13H,10-11,23H2,1-2H3,(H,25,29);2*1H. The Morgan fingerprint density at radius 3 is 2.61 bits per heavy atom. The zero-order chi connectivity index (χ0) is 21.8. The molecule has 3 N–H and O–H groups in total. The van der Waals surface area contributed by atoms with E-state index >= 15 is 0 Å². The number of anilines is 1. The lowest BCUT2D eigenvalue weighted by molar-refractivity contribution is 0.102. The Bertz CT molecular complexity index is 1210. The molecule has 0 unspecified atom stereocenters. The monoisotopic (exact) mass is 490 g/mol. The molecule has 174 valence electrons. The van der Waals surface area contributed by atoms with Crippen LogP contribution in [0, 0.1) is 6.92 Å². The summed E-state index contributed by atoms with van der Waals surface area (Å²) >= 11 is 0. The van der Waals surface area contributed by atoms with Crippen molar-refractivity contribution >= 4 is 36.4 Å². The molecule has 0 saturated heterocycles. The van der Waals surface area contributed by atoms with Crippen molar-refractivity contribution < 1.29 is 14.1 Å². The maximum Gasteiger partial charge on any atom is 0.261 e. The van der Waals surface area contributed by atoms with Gasteiger partial charge in [-0.1, -0.05) is 35.5 Å². The molecular weight excluding hydrogens is 467 g/mol. The number of carbonyl (C=O) groups is 1. The predicted octanol–water partition coefficient (Wildman–Crippen LogP) is 3.97. The Kier molecular flexibility index (Phi) is 8.98. The summed E-state index contributed by atoms with van der Waals surface area (Å²) in [6, 6.07) is 12.9. The first-order chi connectivity index (χ1) is 15.1. The van der Waals surface area contributed by atoms with E-state index in [1.807, 2.05) is 41.1 Å².